The van der Waals surface area contributed by atoms with Gasteiger partial charge < -0.3 is 4.90 Å². The first-order valence-corrected chi connectivity index (χ1v) is 5.77. The molecule has 78 valence electrons. The molecular formula is C12H25N. The van der Waals surface area contributed by atoms with Crippen LogP contribution in [0.15, 0.2) is 0 Å². The molecule has 2 atom stereocenters. The van der Waals surface area contributed by atoms with E-state index < -0.39 is 0 Å². The van der Waals surface area contributed by atoms with Gasteiger partial charge in [0.15, 0.2) is 0 Å². The van der Waals surface area contributed by atoms with Gasteiger partial charge in [0.25, 0.3) is 0 Å². The topological polar surface area (TPSA) is 3.24 Å². The van der Waals surface area contributed by atoms with Crippen LogP contribution in [0.2, 0.25) is 0 Å². The van der Waals surface area contributed by atoms with E-state index in [1.54, 1.807) is 0 Å². The molecule has 0 bridgehead atoms. The van der Waals surface area contributed by atoms with E-state index in [-0.39, 0.29) is 0 Å². The quantitative estimate of drug-likeness (QED) is 0.649. The molecule has 1 aliphatic carbocycles. The first-order chi connectivity index (χ1) is 6.11. The van der Waals surface area contributed by atoms with Crippen LogP contribution in [0.5, 0.6) is 0 Å². The fourth-order valence-corrected chi connectivity index (χ4v) is 2.75. The third-order valence-electron chi connectivity index (χ3n) is 3.31. The van der Waals surface area contributed by atoms with Crippen LogP contribution in [0.3, 0.4) is 0 Å². The van der Waals surface area contributed by atoms with E-state index in [1.165, 1.54) is 32.1 Å². The lowest BCUT2D eigenvalue weighted by Gasteiger charge is -2.37. The summed E-state index contributed by atoms with van der Waals surface area (Å²) >= 11 is 0. The molecule has 0 heterocycles. The molecule has 1 saturated carbocycles. The van der Waals surface area contributed by atoms with Crippen molar-refractivity contribution >= 4 is 0 Å². The third-order valence-corrected chi connectivity index (χ3v) is 3.31. The summed E-state index contributed by atoms with van der Waals surface area (Å²) in [5, 5.41) is 0. The number of hydrogen-bond acceptors (Lipinski definition) is 1. The zero-order valence-corrected chi connectivity index (χ0v) is 9.71. The molecule has 0 aromatic carbocycles. The van der Waals surface area contributed by atoms with Crippen LogP contribution in [0.4, 0.5) is 0 Å². The lowest BCUT2D eigenvalue weighted by atomic mass is 9.79. The Morgan fingerprint density at radius 1 is 1.15 bits per heavy atom. The summed E-state index contributed by atoms with van der Waals surface area (Å²) in [5.41, 5.74) is 0. The highest BCUT2D eigenvalue weighted by Crippen LogP contribution is 2.31. The molecule has 1 heteroatoms. The van der Waals surface area contributed by atoms with E-state index in [4.69, 9.17) is 0 Å². The molecule has 13 heavy (non-hydrogen) atoms. The van der Waals surface area contributed by atoms with Gasteiger partial charge in [0.05, 0.1) is 0 Å². The smallest absolute Gasteiger partial charge is 0.0117 e. The van der Waals surface area contributed by atoms with Crippen molar-refractivity contribution in [3.05, 3.63) is 0 Å². The van der Waals surface area contributed by atoms with Gasteiger partial charge in [-0.25, -0.2) is 0 Å². The van der Waals surface area contributed by atoms with Gasteiger partial charge in [0.1, 0.15) is 0 Å². The van der Waals surface area contributed by atoms with Gasteiger partial charge in [-0.05, 0) is 45.2 Å². The van der Waals surface area contributed by atoms with Crippen LogP contribution in [-0.4, -0.2) is 25.0 Å². The Balaban J connectivity index is 2.46. The van der Waals surface area contributed by atoms with Crippen molar-refractivity contribution in [2.75, 3.05) is 14.1 Å². The molecule has 1 aliphatic rings. The molecule has 0 spiro atoms. The minimum atomic E-state index is 0.858. The van der Waals surface area contributed by atoms with Gasteiger partial charge in [-0.1, -0.05) is 26.7 Å². The van der Waals surface area contributed by atoms with Crippen LogP contribution in [0.1, 0.15) is 46.0 Å². The highest BCUT2D eigenvalue weighted by molar-refractivity contribution is 4.81. The summed E-state index contributed by atoms with van der Waals surface area (Å²) in [6.07, 6.45) is 7.20. The summed E-state index contributed by atoms with van der Waals surface area (Å²) in [4.78, 5) is 2.44. The minimum absolute atomic E-state index is 0.858. The van der Waals surface area contributed by atoms with Crippen LogP contribution in [0.25, 0.3) is 0 Å². The first-order valence-electron chi connectivity index (χ1n) is 5.77. The number of nitrogens with zero attached hydrogens (tertiary/aromatic N) is 1. The molecular weight excluding hydrogens is 158 g/mol. The van der Waals surface area contributed by atoms with Crippen molar-refractivity contribution in [1.82, 2.24) is 4.90 Å². The maximum atomic E-state index is 2.44. The Morgan fingerprint density at radius 3 is 2.31 bits per heavy atom. The Kier molecular flexibility index (Phi) is 4.24. The molecule has 0 saturated heterocycles. The minimum Gasteiger partial charge on any atom is -0.306 e. The van der Waals surface area contributed by atoms with Gasteiger partial charge in [0, 0.05) is 6.04 Å². The van der Waals surface area contributed by atoms with Gasteiger partial charge in [-0.2, -0.15) is 0 Å². The summed E-state index contributed by atoms with van der Waals surface area (Å²) in [6.45, 7) is 4.70. The van der Waals surface area contributed by atoms with Gasteiger partial charge >= 0.3 is 0 Å². The van der Waals surface area contributed by atoms with E-state index in [9.17, 15) is 0 Å². The first kappa shape index (κ1) is 11.0. The molecule has 1 unspecified atom stereocenters. The maximum absolute atomic E-state index is 2.44. The largest absolute Gasteiger partial charge is 0.306 e. The summed E-state index contributed by atoms with van der Waals surface area (Å²) in [7, 11) is 4.48. The summed E-state index contributed by atoms with van der Waals surface area (Å²) in [5.74, 6) is 1.83. The van der Waals surface area contributed by atoms with Crippen molar-refractivity contribution < 1.29 is 0 Å². The van der Waals surface area contributed by atoms with Crippen molar-refractivity contribution in [3.63, 3.8) is 0 Å². The monoisotopic (exact) mass is 183 g/mol. The fourth-order valence-electron chi connectivity index (χ4n) is 2.75. The van der Waals surface area contributed by atoms with Crippen molar-refractivity contribution in [2.45, 2.75) is 52.0 Å². The van der Waals surface area contributed by atoms with Crippen LogP contribution in [0, 0.1) is 11.8 Å². The molecule has 1 rings (SSSR count). The molecule has 0 aromatic rings. The Labute approximate surface area is 83.5 Å². The zero-order chi connectivity index (χ0) is 9.84. The van der Waals surface area contributed by atoms with Gasteiger partial charge in [0.2, 0.25) is 0 Å². The second kappa shape index (κ2) is 4.99. The highest BCUT2D eigenvalue weighted by atomic mass is 15.1. The fraction of sp³-hybridized carbons (Fsp3) is 1.00. The molecule has 0 radical (unpaired) electrons. The van der Waals surface area contributed by atoms with E-state index in [1.807, 2.05) is 0 Å². The van der Waals surface area contributed by atoms with E-state index >= 15 is 0 Å². The molecule has 1 nitrogen and oxygen atoms in total. The maximum Gasteiger partial charge on any atom is 0.0117 e. The van der Waals surface area contributed by atoms with Crippen LogP contribution < -0.4 is 0 Å². The molecule has 1 fully saturated rings. The molecule has 0 aliphatic heterocycles. The van der Waals surface area contributed by atoms with E-state index in [0.717, 1.165) is 17.9 Å². The SMILES string of the molecule is CC(C)C[C@H]1CCCCC1N(C)C. The van der Waals surface area contributed by atoms with Crippen molar-refractivity contribution in [3.8, 4) is 0 Å². The number of rotatable bonds is 3. The third kappa shape index (κ3) is 3.30. The van der Waals surface area contributed by atoms with Crippen molar-refractivity contribution in [2.24, 2.45) is 11.8 Å². The van der Waals surface area contributed by atoms with Crippen LogP contribution >= 0.6 is 0 Å². The second-order valence-corrected chi connectivity index (χ2v) is 5.21. The summed E-state index contributed by atoms with van der Waals surface area (Å²) in [6, 6.07) is 0.858. The van der Waals surface area contributed by atoms with E-state index in [0.29, 0.717) is 0 Å². The predicted octanol–water partition coefficient (Wildman–Crippen LogP) is 3.15. The number of hydrogen-bond donors (Lipinski definition) is 0. The average molecular weight is 183 g/mol. The van der Waals surface area contributed by atoms with E-state index in [2.05, 4.69) is 32.8 Å². The highest BCUT2D eigenvalue weighted by Gasteiger charge is 2.26. The zero-order valence-electron chi connectivity index (χ0n) is 9.71. The predicted molar refractivity (Wildman–Crippen MR) is 58.9 cm³/mol. The lowest BCUT2D eigenvalue weighted by molar-refractivity contribution is 0.137. The molecule has 0 amide bonds. The lowest BCUT2D eigenvalue weighted by Crippen LogP contribution is -2.38. The van der Waals surface area contributed by atoms with Gasteiger partial charge in [-0.3, -0.25) is 0 Å². The van der Waals surface area contributed by atoms with Crippen LogP contribution in [-0.2, 0) is 0 Å². The Morgan fingerprint density at radius 2 is 1.77 bits per heavy atom. The van der Waals surface area contributed by atoms with Gasteiger partial charge in [-0.15, -0.1) is 0 Å². The molecule has 0 N–H and O–H groups in total. The average Bonchev–Trinajstić information content (AvgIpc) is 2.03. The van der Waals surface area contributed by atoms with Crippen molar-refractivity contribution in [1.29, 1.82) is 0 Å². The normalized spacial score (nSPS) is 30.0. The molecule has 0 aromatic heterocycles. The Bertz CT molecular complexity index is 140. The summed E-state index contributed by atoms with van der Waals surface area (Å²) < 4.78 is 0. The standard InChI is InChI=1S/C12H25N/c1-10(2)9-11-7-5-6-8-12(11)13(3)4/h10-12H,5-9H2,1-4H3/t11-,12?/m1/s1. The Hall–Kier alpha value is -0.0400. The second-order valence-electron chi connectivity index (χ2n) is 5.21.